The van der Waals surface area contributed by atoms with Crippen molar-refractivity contribution in [2.24, 2.45) is 0 Å². The van der Waals surface area contributed by atoms with E-state index in [2.05, 4.69) is 48.7 Å². The Bertz CT molecular complexity index is 289. The molecule has 1 heterocycles. The lowest BCUT2D eigenvalue weighted by molar-refractivity contribution is 0.483. The van der Waals surface area contributed by atoms with Crippen molar-refractivity contribution in [1.29, 1.82) is 0 Å². The first-order valence-electron chi connectivity index (χ1n) is 4.74. The van der Waals surface area contributed by atoms with Crippen LogP contribution in [0.15, 0.2) is 36.4 Å². The highest BCUT2D eigenvalue weighted by Crippen LogP contribution is 2.18. The third-order valence-corrected chi connectivity index (χ3v) is 2.33. The van der Waals surface area contributed by atoms with Crippen LogP contribution in [0.1, 0.15) is 24.9 Å². The molecule has 1 aliphatic rings. The van der Waals surface area contributed by atoms with Gasteiger partial charge in [-0.25, -0.2) is 0 Å². The number of hydrogen-bond donors (Lipinski definition) is 1. The summed E-state index contributed by atoms with van der Waals surface area (Å²) in [5.41, 5.74) is 1.32. The van der Waals surface area contributed by atoms with Crippen LogP contribution in [-0.2, 0) is 0 Å². The molecule has 13 heavy (non-hydrogen) atoms. The van der Waals surface area contributed by atoms with E-state index in [1.165, 1.54) is 5.56 Å². The Labute approximate surface area is 79.5 Å². The van der Waals surface area contributed by atoms with Gasteiger partial charge in [0.2, 0.25) is 0 Å². The van der Waals surface area contributed by atoms with E-state index in [1.807, 2.05) is 6.07 Å². The summed E-state index contributed by atoms with van der Waals surface area (Å²) in [6.45, 7) is 2.19. The number of hydrogen-bond acceptors (Lipinski definition) is 1. The molecule has 1 heteroatoms. The second-order valence-electron chi connectivity index (χ2n) is 3.53. The molecule has 0 saturated heterocycles. The maximum atomic E-state index is 3.51. The molecule has 1 aromatic carbocycles. The molecule has 0 aliphatic carbocycles. The highest BCUT2D eigenvalue weighted by molar-refractivity contribution is 5.23. The standard InChI is InChI=1S/C12H14N/c1-10-6-5-9-12(13-10)11-7-3-2-4-8-11/h2-4,7-10,12-13H,6H2,1H3. The van der Waals surface area contributed by atoms with Crippen molar-refractivity contribution < 1.29 is 0 Å². The predicted octanol–water partition coefficient (Wildman–Crippen LogP) is 2.47. The molecule has 67 valence electrons. The van der Waals surface area contributed by atoms with Crippen molar-refractivity contribution in [1.82, 2.24) is 5.32 Å². The van der Waals surface area contributed by atoms with Crippen LogP contribution in [0.2, 0.25) is 0 Å². The van der Waals surface area contributed by atoms with Gasteiger partial charge >= 0.3 is 0 Å². The van der Waals surface area contributed by atoms with Crippen LogP contribution in [0.4, 0.5) is 0 Å². The quantitative estimate of drug-likeness (QED) is 0.686. The molecule has 1 aromatic rings. The van der Waals surface area contributed by atoms with Crippen molar-refractivity contribution in [2.45, 2.75) is 25.4 Å². The summed E-state index contributed by atoms with van der Waals surface area (Å²) in [4.78, 5) is 0. The molecule has 1 aliphatic heterocycles. The zero-order valence-electron chi connectivity index (χ0n) is 7.83. The van der Waals surface area contributed by atoms with Gasteiger partial charge in [-0.15, -0.1) is 0 Å². The van der Waals surface area contributed by atoms with E-state index < -0.39 is 0 Å². The minimum Gasteiger partial charge on any atom is -0.304 e. The first-order chi connectivity index (χ1) is 6.36. The van der Waals surface area contributed by atoms with Crippen molar-refractivity contribution in [2.75, 3.05) is 0 Å². The van der Waals surface area contributed by atoms with Crippen molar-refractivity contribution >= 4 is 0 Å². The second-order valence-corrected chi connectivity index (χ2v) is 3.53. The SMILES string of the molecule is CC1C[C]=CC(c2ccccc2)N1. The predicted molar refractivity (Wildman–Crippen MR) is 54.2 cm³/mol. The van der Waals surface area contributed by atoms with E-state index in [4.69, 9.17) is 0 Å². The molecule has 1 N–H and O–H groups in total. The third-order valence-electron chi connectivity index (χ3n) is 2.33. The van der Waals surface area contributed by atoms with Crippen LogP contribution < -0.4 is 5.32 Å². The maximum Gasteiger partial charge on any atom is 0.0514 e. The van der Waals surface area contributed by atoms with Gasteiger partial charge in [-0.1, -0.05) is 36.4 Å². The van der Waals surface area contributed by atoms with Gasteiger partial charge in [0, 0.05) is 6.04 Å². The molecular formula is C12H14N. The molecule has 0 saturated carbocycles. The molecule has 0 spiro atoms. The summed E-state index contributed by atoms with van der Waals surface area (Å²) in [6, 6.07) is 11.4. The summed E-state index contributed by atoms with van der Waals surface area (Å²) in [5, 5.41) is 3.51. The van der Waals surface area contributed by atoms with Crippen LogP contribution in [0.25, 0.3) is 0 Å². The Hall–Kier alpha value is -1.08. The molecule has 2 atom stereocenters. The Morgan fingerprint density at radius 2 is 2.08 bits per heavy atom. The fourth-order valence-electron chi connectivity index (χ4n) is 1.63. The number of rotatable bonds is 1. The average Bonchev–Trinajstić information content (AvgIpc) is 2.19. The van der Waals surface area contributed by atoms with Gasteiger partial charge in [0.15, 0.2) is 0 Å². The number of nitrogens with one attached hydrogen (secondary N) is 1. The Balaban J connectivity index is 2.18. The van der Waals surface area contributed by atoms with Gasteiger partial charge in [0.1, 0.15) is 0 Å². The Kier molecular flexibility index (Phi) is 2.46. The minimum atomic E-state index is 0.352. The molecule has 1 nitrogen and oxygen atoms in total. The van der Waals surface area contributed by atoms with Crippen molar-refractivity contribution in [3.63, 3.8) is 0 Å². The molecule has 1 radical (unpaired) electrons. The molecule has 0 aromatic heterocycles. The lowest BCUT2D eigenvalue weighted by Crippen LogP contribution is -2.31. The highest BCUT2D eigenvalue weighted by atomic mass is 14.9. The summed E-state index contributed by atoms with van der Waals surface area (Å²) in [7, 11) is 0. The van der Waals surface area contributed by atoms with Crippen LogP contribution in [-0.4, -0.2) is 6.04 Å². The van der Waals surface area contributed by atoms with E-state index >= 15 is 0 Å². The van der Waals surface area contributed by atoms with Crippen molar-refractivity contribution in [3.8, 4) is 0 Å². The fraction of sp³-hybridized carbons (Fsp3) is 0.333. The second kappa shape index (κ2) is 3.75. The highest BCUT2D eigenvalue weighted by Gasteiger charge is 2.13. The fourth-order valence-corrected chi connectivity index (χ4v) is 1.63. The molecule has 0 fully saturated rings. The van der Waals surface area contributed by atoms with Gasteiger partial charge in [-0.2, -0.15) is 0 Å². The van der Waals surface area contributed by atoms with E-state index in [-0.39, 0.29) is 0 Å². The first kappa shape index (κ1) is 8.52. The van der Waals surface area contributed by atoms with E-state index in [9.17, 15) is 0 Å². The summed E-state index contributed by atoms with van der Waals surface area (Å²) in [6.07, 6.45) is 6.43. The third kappa shape index (κ3) is 1.99. The summed E-state index contributed by atoms with van der Waals surface area (Å²) < 4.78 is 0. The van der Waals surface area contributed by atoms with Crippen LogP contribution in [0.3, 0.4) is 0 Å². The van der Waals surface area contributed by atoms with Crippen LogP contribution in [0.5, 0.6) is 0 Å². The van der Waals surface area contributed by atoms with Gasteiger partial charge in [-0.3, -0.25) is 0 Å². The van der Waals surface area contributed by atoms with Gasteiger partial charge in [0.05, 0.1) is 6.04 Å². The van der Waals surface area contributed by atoms with Gasteiger partial charge < -0.3 is 5.32 Å². The van der Waals surface area contributed by atoms with Crippen LogP contribution in [0, 0.1) is 6.08 Å². The largest absolute Gasteiger partial charge is 0.304 e. The summed E-state index contributed by atoms with van der Waals surface area (Å²) in [5.74, 6) is 0. The monoisotopic (exact) mass is 172 g/mol. The molecule has 2 rings (SSSR count). The Morgan fingerprint density at radius 1 is 1.31 bits per heavy atom. The summed E-state index contributed by atoms with van der Waals surface area (Å²) >= 11 is 0. The van der Waals surface area contributed by atoms with E-state index in [0.717, 1.165) is 6.42 Å². The Morgan fingerprint density at radius 3 is 2.77 bits per heavy atom. The number of benzene rings is 1. The minimum absolute atomic E-state index is 0.352. The molecule has 0 amide bonds. The maximum absolute atomic E-state index is 3.51. The van der Waals surface area contributed by atoms with E-state index in [1.54, 1.807) is 0 Å². The smallest absolute Gasteiger partial charge is 0.0514 e. The van der Waals surface area contributed by atoms with Crippen LogP contribution >= 0.6 is 0 Å². The topological polar surface area (TPSA) is 12.0 Å². The lowest BCUT2D eigenvalue weighted by atomic mass is 10.0. The molecule has 2 unspecified atom stereocenters. The average molecular weight is 172 g/mol. The normalized spacial score (nSPS) is 27.5. The van der Waals surface area contributed by atoms with Crippen molar-refractivity contribution in [3.05, 3.63) is 48.0 Å². The first-order valence-corrected chi connectivity index (χ1v) is 4.74. The van der Waals surface area contributed by atoms with Gasteiger partial charge in [-0.05, 0) is 25.0 Å². The zero-order valence-corrected chi connectivity index (χ0v) is 7.83. The lowest BCUT2D eigenvalue weighted by Gasteiger charge is -2.23. The van der Waals surface area contributed by atoms with Gasteiger partial charge in [0.25, 0.3) is 0 Å². The van der Waals surface area contributed by atoms with E-state index in [0.29, 0.717) is 12.1 Å². The zero-order chi connectivity index (χ0) is 9.10. The molecule has 0 bridgehead atoms. The molecular weight excluding hydrogens is 158 g/mol.